The number of amides is 1. The topological polar surface area (TPSA) is 89.3 Å². The molecule has 0 aliphatic heterocycles. The predicted molar refractivity (Wildman–Crippen MR) is 96.3 cm³/mol. The van der Waals surface area contributed by atoms with Gasteiger partial charge < -0.3 is 5.32 Å². The summed E-state index contributed by atoms with van der Waals surface area (Å²) in [5, 5.41) is 8.27. The van der Waals surface area contributed by atoms with Crippen molar-refractivity contribution in [1.82, 2.24) is 0 Å². The van der Waals surface area contributed by atoms with Gasteiger partial charge in [-0.15, -0.1) is 0 Å². The van der Waals surface area contributed by atoms with Crippen molar-refractivity contribution in [2.24, 2.45) is 5.14 Å². The van der Waals surface area contributed by atoms with Gasteiger partial charge in [0.2, 0.25) is 10.0 Å². The van der Waals surface area contributed by atoms with Gasteiger partial charge in [0.15, 0.2) is 0 Å². The highest BCUT2D eigenvalue weighted by Gasteiger charge is 2.26. The third-order valence-electron chi connectivity index (χ3n) is 5.15. The first-order valence-electron chi connectivity index (χ1n) is 8.55. The second kappa shape index (κ2) is 5.97. The van der Waals surface area contributed by atoms with Crippen molar-refractivity contribution in [2.75, 3.05) is 5.32 Å². The highest BCUT2D eigenvalue weighted by Crippen LogP contribution is 2.38. The fraction of sp³-hybridized carbons (Fsp3) is 0.316. The van der Waals surface area contributed by atoms with Gasteiger partial charge in [0.1, 0.15) is 0 Å². The Bertz CT molecular complexity index is 948. The lowest BCUT2D eigenvalue weighted by Gasteiger charge is -2.17. The van der Waals surface area contributed by atoms with Crippen LogP contribution in [0.15, 0.2) is 35.2 Å². The summed E-state index contributed by atoms with van der Waals surface area (Å²) in [7, 11) is -3.95. The fourth-order valence-electron chi connectivity index (χ4n) is 4.05. The number of hydrogen-bond donors (Lipinski definition) is 2. The van der Waals surface area contributed by atoms with Crippen LogP contribution in [0.3, 0.4) is 0 Å². The molecule has 130 valence electrons. The van der Waals surface area contributed by atoms with Gasteiger partial charge >= 0.3 is 0 Å². The van der Waals surface area contributed by atoms with E-state index in [0.29, 0.717) is 0 Å². The minimum Gasteiger partial charge on any atom is -0.321 e. The number of fused-ring (bicyclic) bond motifs is 2. The van der Waals surface area contributed by atoms with Crippen LogP contribution in [-0.4, -0.2) is 14.3 Å². The average molecular weight is 356 g/mol. The minimum absolute atomic E-state index is 0.0901. The third-order valence-corrected chi connectivity index (χ3v) is 6.12. The maximum Gasteiger partial charge on any atom is 0.257 e. The van der Waals surface area contributed by atoms with Crippen molar-refractivity contribution in [2.45, 2.75) is 43.4 Å². The molecule has 1 amide bonds. The lowest BCUT2D eigenvalue weighted by atomic mass is 9.98. The van der Waals surface area contributed by atoms with Crippen molar-refractivity contribution in [3.8, 4) is 0 Å². The summed E-state index contributed by atoms with van der Waals surface area (Å²) in [5.41, 5.74) is 6.04. The SMILES string of the molecule is NS(=O)(=O)c1ccccc1C(=O)Nc1c2c(cc3c1CCC3)CCC2. The van der Waals surface area contributed by atoms with E-state index in [1.54, 1.807) is 12.1 Å². The Morgan fingerprint density at radius 3 is 2.16 bits per heavy atom. The number of nitrogens with one attached hydrogen (secondary N) is 1. The van der Waals surface area contributed by atoms with E-state index in [9.17, 15) is 13.2 Å². The van der Waals surface area contributed by atoms with Crippen molar-refractivity contribution >= 4 is 21.6 Å². The van der Waals surface area contributed by atoms with Crippen LogP contribution in [-0.2, 0) is 35.7 Å². The molecule has 0 aromatic heterocycles. The molecule has 0 unspecified atom stereocenters. The van der Waals surface area contributed by atoms with Gasteiger partial charge in [0, 0.05) is 5.69 Å². The quantitative estimate of drug-likeness (QED) is 0.886. The van der Waals surface area contributed by atoms with Crippen LogP contribution in [0.25, 0.3) is 0 Å². The van der Waals surface area contributed by atoms with Crippen LogP contribution < -0.4 is 10.5 Å². The lowest BCUT2D eigenvalue weighted by molar-refractivity contribution is 0.102. The van der Waals surface area contributed by atoms with E-state index in [1.807, 2.05) is 0 Å². The fourth-order valence-corrected chi connectivity index (χ4v) is 4.79. The summed E-state index contributed by atoms with van der Waals surface area (Å²) in [4.78, 5) is 12.7. The molecule has 2 aromatic rings. The summed E-state index contributed by atoms with van der Waals surface area (Å²) in [6, 6.07) is 8.36. The van der Waals surface area contributed by atoms with E-state index in [4.69, 9.17) is 5.14 Å². The third kappa shape index (κ3) is 2.85. The molecule has 0 bridgehead atoms. The van der Waals surface area contributed by atoms with Crippen molar-refractivity contribution in [3.05, 3.63) is 58.1 Å². The van der Waals surface area contributed by atoms with Crippen LogP contribution in [0.2, 0.25) is 0 Å². The zero-order chi connectivity index (χ0) is 17.6. The molecule has 25 heavy (non-hydrogen) atoms. The van der Waals surface area contributed by atoms with E-state index in [-0.39, 0.29) is 10.5 Å². The minimum atomic E-state index is -3.95. The molecule has 3 N–H and O–H groups in total. The van der Waals surface area contributed by atoms with Gasteiger partial charge in [0.25, 0.3) is 5.91 Å². The first kappa shape index (κ1) is 16.3. The van der Waals surface area contributed by atoms with E-state index >= 15 is 0 Å². The number of rotatable bonds is 3. The smallest absolute Gasteiger partial charge is 0.257 e. The molecule has 2 aliphatic rings. The van der Waals surface area contributed by atoms with E-state index in [1.165, 1.54) is 34.4 Å². The molecule has 0 atom stereocenters. The molecule has 6 heteroatoms. The zero-order valence-electron chi connectivity index (χ0n) is 13.8. The Kier molecular flexibility index (Phi) is 3.89. The number of carbonyl (C=O) groups excluding carboxylic acids is 1. The highest BCUT2D eigenvalue weighted by atomic mass is 32.2. The van der Waals surface area contributed by atoms with Gasteiger partial charge in [-0.25, -0.2) is 13.6 Å². The van der Waals surface area contributed by atoms with Gasteiger partial charge in [-0.2, -0.15) is 0 Å². The second-order valence-corrected chi connectivity index (χ2v) is 8.26. The lowest BCUT2D eigenvalue weighted by Crippen LogP contribution is -2.21. The molecular weight excluding hydrogens is 336 g/mol. The molecule has 0 heterocycles. The maximum atomic E-state index is 12.9. The molecule has 0 fully saturated rings. The summed E-state index contributed by atoms with van der Waals surface area (Å²) in [5.74, 6) is -0.418. The average Bonchev–Trinajstić information content (AvgIpc) is 3.22. The molecular formula is C19H20N2O3S. The number of anilines is 1. The van der Waals surface area contributed by atoms with Gasteiger partial charge in [-0.05, 0) is 72.9 Å². The van der Waals surface area contributed by atoms with E-state index < -0.39 is 15.9 Å². The van der Waals surface area contributed by atoms with Gasteiger partial charge in [-0.3, -0.25) is 4.79 Å². The number of benzene rings is 2. The number of nitrogens with two attached hydrogens (primary N) is 1. The largest absolute Gasteiger partial charge is 0.321 e. The Balaban J connectivity index is 1.77. The summed E-state index contributed by atoms with van der Waals surface area (Å²) < 4.78 is 23.6. The Hall–Kier alpha value is -2.18. The molecule has 0 saturated heterocycles. The number of hydrogen-bond acceptors (Lipinski definition) is 3. The Morgan fingerprint density at radius 1 is 0.960 bits per heavy atom. The van der Waals surface area contributed by atoms with Crippen LogP contribution in [0.4, 0.5) is 5.69 Å². The molecule has 0 saturated carbocycles. The van der Waals surface area contributed by atoms with Crippen LogP contribution >= 0.6 is 0 Å². The monoisotopic (exact) mass is 356 g/mol. The first-order valence-corrected chi connectivity index (χ1v) is 10.1. The molecule has 2 aromatic carbocycles. The number of carbonyl (C=O) groups is 1. The second-order valence-electron chi connectivity index (χ2n) is 6.73. The van der Waals surface area contributed by atoms with Crippen LogP contribution in [0, 0.1) is 0 Å². The van der Waals surface area contributed by atoms with Crippen molar-refractivity contribution in [3.63, 3.8) is 0 Å². The Labute approximate surface area is 147 Å². The highest BCUT2D eigenvalue weighted by molar-refractivity contribution is 7.89. The van der Waals surface area contributed by atoms with Crippen molar-refractivity contribution < 1.29 is 13.2 Å². The maximum absolute atomic E-state index is 12.9. The molecule has 0 spiro atoms. The van der Waals surface area contributed by atoms with Crippen molar-refractivity contribution in [1.29, 1.82) is 0 Å². The van der Waals surface area contributed by atoms with E-state index in [2.05, 4.69) is 11.4 Å². The predicted octanol–water partition coefficient (Wildman–Crippen LogP) is 2.56. The number of primary sulfonamides is 1. The normalized spacial score (nSPS) is 15.7. The van der Waals surface area contributed by atoms with Gasteiger partial charge in [-0.1, -0.05) is 18.2 Å². The summed E-state index contributed by atoms with van der Waals surface area (Å²) >= 11 is 0. The standard InChI is InChI=1S/C19H20N2O3S/c20-25(23,24)17-10-2-1-7-16(17)19(22)21-18-14-8-3-5-12(14)11-13-6-4-9-15(13)18/h1-2,7,10-11H,3-6,8-9H2,(H,21,22)(H2,20,23,24). The molecule has 4 rings (SSSR count). The summed E-state index contributed by atoms with van der Waals surface area (Å²) in [6.07, 6.45) is 6.17. The van der Waals surface area contributed by atoms with Crippen LogP contribution in [0.1, 0.15) is 45.5 Å². The first-order chi connectivity index (χ1) is 11.9. The number of sulfonamides is 1. The molecule has 5 nitrogen and oxygen atoms in total. The van der Waals surface area contributed by atoms with Gasteiger partial charge in [0.05, 0.1) is 10.5 Å². The van der Waals surface area contributed by atoms with E-state index in [0.717, 1.165) is 44.2 Å². The molecule has 0 radical (unpaired) electrons. The molecule has 2 aliphatic carbocycles. The number of aryl methyl sites for hydroxylation is 2. The summed E-state index contributed by atoms with van der Waals surface area (Å²) in [6.45, 7) is 0. The zero-order valence-corrected chi connectivity index (χ0v) is 14.7. The van der Waals surface area contributed by atoms with Crippen LogP contribution in [0.5, 0.6) is 0 Å². The Morgan fingerprint density at radius 2 is 1.56 bits per heavy atom.